The van der Waals surface area contributed by atoms with Gasteiger partial charge in [0.25, 0.3) is 5.91 Å². The highest BCUT2D eigenvalue weighted by molar-refractivity contribution is 5.93. The van der Waals surface area contributed by atoms with Crippen molar-refractivity contribution in [2.75, 3.05) is 17.2 Å². The zero-order valence-electron chi connectivity index (χ0n) is 14.9. The number of anilines is 2. The summed E-state index contributed by atoms with van der Waals surface area (Å²) in [6.07, 6.45) is 0. The second kappa shape index (κ2) is 7.74. The van der Waals surface area contributed by atoms with Crippen LogP contribution in [0.15, 0.2) is 57.7 Å². The second-order valence-corrected chi connectivity index (χ2v) is 6.00. The van der Waals surface area contributed by atoms with E-state index in [9.17, 15) is 14.4 Å². The Hall–Kier alpha value is -3.61. The summed E-state index contributed by atoms with van der Waals surface area (Å²) in [5.74, 6) is -0.0741. The molecule has 27 heavy (non-hydrogen) atoms. The third-order valence-corrected chi connectivity index (χ3v) is 3.79. The summed E-state index contributed by atoms with van der Waals surface area (Å²) >= 11 is 0. The molecule has 3 aromatic rings. The van der Waals surface area contributed by atoms with Gasteiger partial charge in [-0.25, -0.2) is 4.79 Å². The molecule has 0 saturated carbocycles. The third-order valence-electron chi connectivity index (χ3n) is 3.79. The summed E-state index contributed by atoms with van der Waals surface area (Å²) in [5.41, 5.74) is 2.06. The molecule has 0 atom stereocenters. The standard InChI is InChI=1S/C20H18N2O5/c1-12-9-15(5-7-17(12)21-13(2)23)22-19(24)11-26-16-6-3-14-4-8-20(25)27-18(14)10-16/h3-10H,11H2,1-2H3,(H,21,23)(H,22,24). The number of carbonyl (C=O) groups excluding carboxylic acids is 2. The number of benzene rings is 2. The van der Waals surface area contributed by atoms with Crippen molar-refractivity contribution in [1.29, 1.82) is 0 Å². The molecule has 0 bridgehead atoms. The Balaban J connectivity index is 1.62. The topological polar surface area (TPSA) is 97.6 Å². The predicted octanol–water partition coefficient (Wildman–Crippen LogP) is 3.08. The van der Waals surface area contributed by atoms with E-state index in [4.69, 9.17) is 9.15 Å². The first-order valence-corrected chi connectivity index (χ1v) is 8.25. The number of rotatable bonds is 5. The van der Waals surface area contributed by atoms with Gasteiger partial charge < -0.3 is 19.8 Å². The zero-order valence-corrected chi connectivity index (χ0v) is 14.9. The summed E-state index contributed by atoms with van der Waals surface area (Å²) in [6, 6.07) is 13.2. The van der Waals surface area contributed by atoms with Crippen LogP contribution in [0.1, 0.15) is 12.5 Å². The lowest BCUT2D eigenvalue weighted by Gasteiger charge is -2.11. The lowest BCUT2D eigenvalue weighted by atomic mass is 10.1. The summed E-state index contributed by atoms with van der Waals surface area (Å²) in [5, 5.41) is 6.21. The molecule has 0 aliphatic rings. The molecule has 2 amide bonds. The summed E-state index contributed by atoms with van der Waals surface area (Å²) in [7, 11) is 0. The van der Waals surface area contributed by atoms with Crippen molar-refractivity contribution in [1.82, 2.24) is 0 Å². The number of hydrogen-bond acceptors (Lipinski definition) is 5. The Morgan fingerprint density at radius 2 is 1.81 bits per heavy atom. The lowest BCUT2D eigenvalue weighted by Crippen LogP contribution is -2.20. The average molecular weight is 366 g/mol. The number of hydrogen-bond donors (Lipinski definition) is 2. The van der Waals surface area contributed by atoms with E-state index >= 15 is 0 Å². The van der Waals surface area contributed by atoms with Gasteiger partial charge in [0.1, 0.15) is 11.3 Å². The number of ether oxygens (including phenoxy) is 1. The fourth-order valence-electron chi connectivity index (χ4n) is 2.55. The van der Waals surface area contributed by atoms with Crippen LogP contribution in [0.25, 0.3) is 11.0 Å². The van der Waals surface area contributed by atoms with Crippen molar-refractivity contribution in [3.8, 4) is 5.75 Å². The largest absolute Gasteiger partial charge is 0.484 e. The van der Waals surface area contributed by atoms with Crippen molar-refractivity contribution in [2.24, 2.45) is 0 Å². The van der Waals surface area contributed by atoms with Crippen molar-refractivity contribution in [3.63, 3.8) is 0 Å². The monoisotopic (exact) mass is 366 g/mol. The maximum atomic E-state index is 12.1. The lowest BCUT2D eigenvalue weighted by molar-refractivity contribution is -0.118. The summed E-state index contributed by atoms with van der Waals surface area (Å²) in [4.78, 5) is 34.5. The Bertz CT molecular complexity index is 1070. The molecule has 0 aliphatic heterocycles. The Morgan fingerprint density at radius 3 is 2.56 bits per heavy atom. The summed E-state index contributed by atoms with van der Waals surface area (Å²) in [6.45, 7) is 3.07. The Morgan fingerprint density at radius 1 is 1.04 bits per heavy atom. The normalized spacial score (nSPS) is 10.4. The molecule has 2 N–H and O–H groups in total. The van der Waals surface area contributed by atoms with Crippen LogP contribution in [0.5, 0.6) is 5.75 Å². The first-order chi connectivity index (χ1) is 12.9. The molecule has 0 radical (unpaired) electrons. The van der Waals surface area contributed by atoms with Crippen molar-refractivity contribution in [3.05, 3.63) is 64.5 Å². The molecule has 0 unspecified atom stereocenters. The number of fused-ring (bicyclic) bond motifs is 1. The molecule has 0 saturated heterocycles. The maximum Gasteiger partial charge on any atom is 0.336 e. The molecule has 7 nitrogen and oxygen atoms in total. The van der Waals surface area contributed by atoms with Crippen molar-refractivity contribution in [2.45, 2.75) is 13.8 Å². The SMILES string of the molecule is CC(=O)Nc1ccc(NC(=O)COc2ccc3ccc(=O)oc3c2)cc1C. The van der Waals surface area contributed by atoms with Crippen LogP contribution >= 0.6 is 0 Å². The highest BCUT2D eigenvalue weighted by atomic mass is 16.5. The van der Waals surface area contributed by atoms with E-state index in [1.807, 2.05) is 6.92 Å². The van der Waals surface area contributed by atoms with Crippen molar-refractivity contribution < 1.29 is 18.7 Å². The Labute approximate surface area is 154 Å². The average Bonchev–Trinajstić information content (AvgIpc) is 2.61. The van der Waals surface area contributed by atoms with E-state index in [2.05, 4.69) is 10.6 Å². The molecule has 2 aromatic carbocycles. The number of aryl methyl sites for hydroxylation is 1. The molecule has 138 valence electrons. The van der Waals surface area contributed by atoms with Gasteiger partial charge in [-0.1, -0.05) is 0 Å². The van der Waals surface area contributed by atoms with E-state index in [0.717, 1.165) is 10.9 Å². The zero-order chi connectivity index (χ0) is 19.4. The Kier molecular flexibility index (Phi) is 5.21. The highest BCUT2D eigenvalue weighted by Crippen LogP contribution is 2.21. The van der Waals surface area contributed by atoms with Gasteiger partial charge in [-0.15, -0.1) is 0 Å². The van der Waals surface area contributed by atoms with Gasteiger partial charge in [-0.3, -0.25) is 9.59 Å². The molecule has 1 heterocycles. The number of nitrogens with one attached hydrogen (secondary N) is 2. The van der Waals surface area contributed by atoms with Gasteiger partial charge in [0.2, 0.25) is 5.91 Å². The van der Waals surface area contributed by atoms with Gasteiger partial charge in [-0.05, 0) is 48.9 Å². The maximum absolute atomic E-state index is 12.1. The van der Waals surface area contributed by atoms with E-state index in [1.54, 1.807) is 42.5 Å². The third kappa shape index (κ3) is 4.72. The van der Waals surface area contributed by atoms with Gasteiger partial charge >= 0.3 is 5.63 Å². The fraction of sp³-hybridized carbons (Fsp3) is 0.150. The van der Waals surface area contributed by atoms with Crippen LogP contribution < -0.4 is 21.0 Å². The number of carbonyl (C=O) groups is 2. The number of amides is 2. The molecule has 7 heteroatoms. The molecule has 0 spiro atoms. The van der Waals surface area contributed by atoms with Crippen LogP contribution in [-0.2, 0) is 9.59 Å². The smallest absolute Gasteiger partial charge is 0.336 e. The van der Waals surface area contributed by atoms with E-state index in [1.165, 1.54) is 13.0 Å². The summed E-state index contributed by atoms with van der Waals surface area (Å²) < 4.78 is 10.6. The fourth-order valence-corrected chi connectivity index (χ4v) is 2.55. The molecular formula is C20H18N2O5. The van der Waals surface area contributed by atoms with Gasteiger partial charge in [0.15, 0.2) is 6.61 Å². The van der Waals surface area contributed by atoms with Gasteiger partial charge in [0, 0.05) is 35.8 Å². The predicted molar refractivity (Wildman–Crippen MR) is 102 cm³/mol. The van der Waals surface area contributed by atoms with Gasteiger partial charge in [0.05, 0.1) is 0 Å². The van der Waals surface area contributed by atoms with Crippen molar-refractivity contribution >= 4 is 34.2 Å². The van der Waals surface area contributed by atoms with Crippen LogP contribution in [-0.4, -0.2) is 18.4 Å². The van der Waals surface area contributed by atoms with Crippen LogP contribution in [0, 0.1) is 6.92 Å². The molecule has 0 fully saturated rings. The quantitative estimate of drug-likeness (QED) is 0.676. The molecule has 3 rings (SSSR count). The second-order valence-electron chi connectivity index (χ2n) is 6.00. The minimum Gasteiger partial charge on any atom is -0.484 e. The van der Waals surface area contributed by atoms with E-state index in [0.29, 0.717) is 22.7 Å². The highest BCUT2D eigenvalue weighted by Gasteiger charge is 2.07. The van der Waals surface area contributed by atoms with E-state index < -0.39 is 5.63 Å². The van der Waals surface area contributed by atoms with E-state index in [-0.39, 0.29) is 18.4 Å². The minimum atomic E-state index is -0.449. The molecule has 1 aromatic heterocycles. The van der Waals surface area contributed by atoms with Crippen LogP contribution in [0.3, 0.4) is 0 Å². The first-order valence-electron chi connectivity index (χ1n) is 8.25. The molecule has 0 aliphatic carbocycles. The molecular weight excluding hydrogens is 348 g/mol. The van der Waals surface area contributed by atoms with Crippen LogP contribution in [0.4, 0.5) is 11.4 Å². The first kappa shape index (κ1) is 18.2. The minimum absolute atomic E-state index is 0.158. The van der Waals surface area contributed by atoms with Crippen LogP contribution in [0.2, 0.25) is 0 Å². The van der Waals surface area contributed by atoms with Gasteiger partial charge in [-0.2, -0.15) is 0 Å².